The van der Waals surface area contributed by atoms with Crippen molar-refractivity contribution in [3.8, 4) is 0 Å². The molecule has 0 aromatic heterocycles. The highest BCUT2D eigenvalue weighted by Gasteiger charge is 2.14. The van der Waals surface area contributed by atoms with Crippen molar-refractivity contribution >= 4 is 44.8 Å². The lowest BCUT2D eigenvalue weighted by Crippen LogP contribution is -2.23. The van der Waals surface area contributed by atoms with Gasteiger partial charge >= 0.3 is 0 Å². The van der Waals surface area contributed by atoms with E-state index >= 15 is 0 Å². The molecule has 150 valence electrons. The van der Waals surface area contributed by atoms with Gasteiger partial charge in [-0.2, -0.15) is 0 Å². The second-order valence-electron chi connectivity index (χ2n) is 6.41. The Hall–Kier alpha value is -2.54. The van der Waals surface area contributed by atoms with Crippen molar-refractivity contribution in [3.05, 3.63) is 93.5 Å². The number of hydrogen-bond donors (Lipinski definition) is 2. The highest BCUT2D eigenvalue weighted by Crippen LogP contribution is 2.21. The van der Waals surface area contributed by atoms with E-state index in [0.29, 0.717) is 21.3 Å². The Morgan fingerprint density at radius 2 is 1.59 bits per heavy atom. The third-order valence-electron chi connectivity index (χ3n) is 4.19. The fourth-order valence-corrected chi connectivity index (χ4v) is 4.10. The van der Waals surface area contributed by atoms with Gasteiger partial charge in [-0.05, 0) is 61.0 Å². The molecular formula is C21H18Cl2N2O3S. The topological polar surface area (TPSA) is 75.3 Å². The van der Waals surface area contributed by atoms with E-state index < -0.39 is 10.0 Å². The van der Waals surface area contributed by atoms with E-state index in [0.717, 1.165) is 11.1 Å². The van der Waals surface area contributed by atoms with Gasteiger partial charge in [0.15, 0.2) is 0 Å². The van der Waals surface area contributed by atoms with Crippen LogP contribution in [0.2, 0.25) is 10.0 Å². The fourth-order valence-electron chi connectivity index (χ4n) is 2.56. The number of aryl methyl sites for hydroxylation is 1. The maximum absolute atomic E-state index is 12.4. The minimum absolute atomic E-state index is 0.171. The van der Waals surface area contributed by atoms with Crippen LogP contribution in [0.4, 0.5) is 5.69 Å². The Kier molecular flexibility index (Phi) is 6.47. The fraction of sp³-hybridized carbons (Fsp3) is 0.0952. The number of hydrogen-bond acceptors (Lipinski definition) is 3. The molecule has 1 amide bonds. The molecule has 0 radical (unpaired) electrons. The van der Waals surface area contributed by atoms with Gasteiger partial charge in [0.2, 0.25) is 0 Å². The molecule has 0 bridgehead atoms. The lowest BCUT2D eigenvalue weighted by atomic mass is 10.2. The molecule has 5 nitrogen and oxygen atoms in total. The van der Waals surface area contributed by atoms with Crippen molar-refractivity contribution in [2.45, 2.75) is 18.4 Å². The average Bonchev–Trinajstić information content (AvgIpc) is 2.68. The largest absolute Gasteiger partial charge is 0.348 e. The average molecular weight is 449 g/mol. The number of benzene rings is 3. The molecule has 8 heteroatoms. The Balaban J connectivity index is 1.64. The summed E-state index contributed by atoms with van der Waals surface area (Å²) in [5, 5.41) is 3.76. The van der Waals surface area contributed by atoms with Crippen LogP contribution < -0.4 is 10.0 Å². The van der Waals surface area contributed by atoms with Gasteiger partial charge in [0, 0.05) is 27.8 Å². The van der Waals surface area contributed by atoms with Crippen LogP contribution in [0.5, 0.6) is 0 Å². The Labute approximate surface area is 179 Å². The molecular weight excluding hydrogens is 431 g/mol. The highest BCUT2D eigenvalue weighted by atomic mass is 35.5. The minimum Gasteiger partial charge on any atom is -0.348 e. The SMILES string of the molecule is Cc1ccc(S(=O)(=O)Nc2ccc(C(=O)NCc3ccc(Cl)cc3Cl)cc2)cc1. The first-order chi connectivity index (χ1) is 13.7. The van der Waals surface area contributed by atoms with Gasteiger partial charge in [0.25, 0.3) is 15.9 Å². The van der Waals surface area contributed by atoms with E-state index in [-0.39, 0.29) is 17.3 Å². The molecule has 3 aromatic carbocycles. The van der Waals surface area contributed by atoms with Crippen LogP contribution >= 0.6 is 23.2 Å². The molecule has 0 spiro atoms. The van der Waals surface area contributed by atoms with Gasteiger partial charge in [-0.15, -0.1) is 0 Å². The summed E-state index contributed by atoms with van der Waals surface area (Å²) in [6, 6.07) is 17.8. The molecule has 0 heterocycles. The molecule has 0 fully saturated rings. The van der Waals surface area contributed by atoms with Crippen LogP contribution in [0.1, 0.15) is 21.5 Å². The summed E-state index contributed by atoms with van der Waals surface area (Å²) >= 11 is 12.0. The zero-order valence-electron chi connectivity index (χ0n) is 15.4. The molecule has 0 unspecified atom stereocenters. The predicted molar refractivity (Wildman–Crippen MR) is 116 cm³/mol. The molecule has 2 N–H and O–H groups in total. The zero-order chi connectivity index (χ0) is 21.0. The number of anilines is 1. The smallest absolute Gasteiger partial charge is 0.261 e. The lowest BCUT2D eigenvalue weighted by molar-refractivity contribution is 0.0951. The summed E-state index contributed by atoms with van der Waals surface area (Å²) in [6.45, 7) is 2.13. The van der Waals surface area contributed by atoms with Crippen LogP contribution in [0, 0.1) is 6.92 Å². The van der Waals surface area contributed by atoms with Crippen molar-refractivity contribution in [3.63, 3.8) is 0 Å². The van der Waals surface area contributed by atoms with Crippen LogP contribution in [0.15, 0.2) is 71.6 Å². The number of nitrogens with one attached hydrogen (secondary N) is 2. The second-order valence-corrected chi connectivity index (χ2v) is 8.94. The first-order valence-electron chi connectivity index (χ1n) is 8.66. The first-order valence-corrected chi connectivity index (χ1v) is 10.9. The minimum atomic E-state index is -3.69. The summed E-state index contributed by atoms with van der Waals surface area (Å²) in [4.78, 5) is 12.5. The summed E-state index contributed by atoms with van der Waals surface area (Å²) in [5.74, 6) is -0.302. The Morgan fingerprint density at radius 3 is 2.21 bits per heavy atom. The summed E-state index contributed by atoms with van der Waals surface area (Å²) < 4.78 is 27.4. The van der Waals surface area contributed by atoms with E-state index in [1.165, 1.54) is 12.1 Å². The van der Waals surface area contributed by atoms with Crippen LogP contribution in [0.25, 0.3) is 0 Å². The number of amides is 1. The predicted octanol–water partition coefficient (Wildman–Crippen LogP) is 5.03. The van der Waals surface area contributed by atoms with Gasteiger partial charge in [0.1, 0.15) is 0 Å². The maximum atomic E-state index is 12.4. The van der Waals surface area contributed by atoms with Crippen molar-refractivity contribution in [2.75, 3.05) is 4.72 Å². The molecule has 0 atom stereocenters. The van der Waals surface area contributed by atoms with Crippen LogP contribution in [0.3, 0.4) is 0 Å². The molecule has 3 aromatic rings. The van der Waals surface area contributed by atoms with Crippen LogP contribution in [-0.4, -0.2) is 14.3 Å². The van der Waals surface area contributed by atoms with Crippen molar-refractivity contribution in [1.29, 1.82) is 0 Å². The van der Waals surface area contributed by atoms with Crippen LogP contribution in [-0.2, 0) is 16.6 Å². The van der Waals surface area contributed by atoms with Gasteiger partial charge in [-0.25, -0.2) is 8.42 Å². The quantitative estimate of drug-likeness (QED) is 0.554. The van der Waals surface area contributed by atoms with E-state index in [9.17, 15) is 13.2 Å². The van der Waals surface area contributed by atoms with Gasteiger partial charge in [-0.3, -0.25) is 9.52 Å². The van der Waals surface area contributed by atoms with Gasteiger partial charge in [-0.1, -0.05) is 47.0 Å². The Bertz CT molecular complexity index is 1130. The third kappa shape index (κ3) is 5.50. The van der Waals surface area contributed by atoms with E-state index in [1.807, 2.05) is 6.92 Å². The normalized spacial score (nSPS) is 11.1. The second kappa shape index (κ2) is 8.86. The summed E-state index contributed by atoms with van der Waals surface area (Å²) in [6.07, 6.45) is 0. The van der Waals surface area contributed by atoms with Gasteiger partial charge in [0.05, 0.1) is 4.90 Å². The summed E-state index contributed by atoms with van der Waals surface area (Å²) in [7, 11) is -3.69. The number of halogens is 2. The molecule has 0 aliphatic heterocycles. The molecule has 0 saturated carbocycles. The third-order valence-corrected chi connectivity index (χ3v) is 6.17. The van der Waals surface area contributed by atoms with Crippen molar-refractivity contribution in [2.24, 2.45) is 0 Å². The molecule has 3 rings (SSSR count). The first kappa shape index (κ1) is 21.2. The number of carbonyl (C=O) groups excluding carboxylic acids is 1. The Morgan fingerprint density at radius 1 is 0.931 bits per heavy atom. The number of rotatable bonds is 6. The number of sulfonamides is 1. The molecule has 0 saturated heterocycles. The number of carbonyl (C=O) groups is 1. The molecule has 29 heavy (non-hydrogen) atoms. The maximum Gasteiger partial charge on any atom is 0.261 e. The van der Waals surface area contributed by atoms with E-state index in [1.54, 1.807) is 54.6 Å². The highest BCUT2D eigenvalue weighted by molar-refractivity contribution is 7.92. The van der Waals surface area contributed by atoms with Crippen molar-refractivity contribution in [1.82, 2.24) is 5.32 Å². The molecule has 0 aliphatic carbocycles. The zero-order valence-corrected chi connectivity index (χ0v) is 17.8. The van der Waals surface area contributed by atoms with E-state index in [4.69, 9.17) is 23.2 Å². The van der Waals surface area contributed by atoms with Gasteiger partial charge < -0.3 is 5.32 Å². The standard InChI is InChI=1S/C21H18Cl2N2O3S/c1-14-2-10-19(11-3-14)29(27,28)25-18-8-5-15(6-9-18)21(26)24-13-16-4-7-17(22)12-20(16)23/h2-12,25H,13H2,1H3,(H,24,26). The van der Waals surface area contributed by atoms with E-state index in [2.05, 4.69) is 10.0 Å². The molecule has 0 aliphatic rings. The lowest BCUT2D eigenvalue weighted by Gasteiger charge is -2.10. The van der Waals surface area contributed by atoms with Crippen molar-refractivity contribution < 1.29 is 13.2 Å². The monoisotopic (exact) mass is 448 g/mol. The summed E-state index contributed by atoms with van der Waals surface area (Å²) in [5.41, 5.74) is 2.47.